The van der Waals surface area contributed by atoms with Crippen molar-refractivity contribution in [2.75, 3.05) is 37.7 Å². The standard InChI is InChI=1S/C25H26F3N5O4/c1-24(16-32-15-22(33(34)35)29-23(32)37-24)17-36-21-8-6-20(7-9-21)31-12-10-30(11-13-31)14-18-2-4-19(5-3-18)25(26,27)28/h2-9,15H,10-14,16-17H2,1H3/t24-/m1/s1. The Hall–Kier alpha value is -3.80. The fourth-order valence-electron chi connectivity index (χ4n) is 4.57. The van der Waals surface area contributed by atoms with E-state index in [1.807, 2.05) is 31.2 Å². The van der Waals surface area contributed by atoms with Crippen molar-refractivity contribution in [1.82, 2.24) is 14.5 Å². The van der Waals surface area contributed by atoms with Gasteiger partial charge in [-0.25, -0.2) is 0 Å². The molecule has 0 amide bonds. The highest BCUT2D eigenvalue weighted by molar-refractivity contribution is 5.49. The number of fused-ring (bicyclic) bond motifs is 1. The maximum absolute atomic E-state index is 12.8. The van der Waals surface area contributed by atoms with Crippen LogP contribution in [-0.2, 0) is 19.3 Å². The van der Waals surface area contributed by atoms with Gasteiger partial charge in [0.25, 0.3) is 0 Å². The second-order valence-corrected chi connectivity index (χ2v) is 9.56. The highest BCUT2D eigenvalue weighted by atomic mass is 19.4. The number of piperazine rings is 1. The molecule has 5 rings (SSSR count). The van der Waals surface area contributed by atoms with Gasteiger partial charge in [0, 0.05) is 43.4 Å². The Morgan fingerprint density at radius 3 is 2.35 bits per heavy atom. The first-order chi connectivity index (χ1) is 17.6. The van der Waals surface area contributed by atoms with E-state index < -0.39 is 22.3 Å². The predicted molar refractivity (Wildman–Crippen MR) is 129 cm³/mol. The van der Waals surface area contributed by atoms with Gasteiger partial charge < -0.3 is 24.5 Å². The van der Waals surface area contributed by atoms with E-state index in [0.29, 0.717) is 18.8 Å². The van der Waals surface area contributed by atoms with Crippen LogP contribution in [-0.4, -0.2) is 57.8 Å². The van der Waals surface area contributed by atoms with Gasteiger partial charge >= 0.3 is 18.0 Å². The Morgan fingerprint density at radius 2 is 1.76 bits per heavy atom. The van der Waals surface area contributed by atoms with Gasteiger partial charge in [-0.2, -0.15) is 13.2 Å². The van der Waals surface area contributed by atoms with Crippen molar-refractivity contribution in [3.05, 3.63) is 76.0 Å². The van der Waals surface area contributed by atoms with E-state index in [1.54, 1.807) is 16.7 Å². The van der Waals surface area contributed by atoms with Gasteiger partial charge in [0.15, 0.2) is 5.60 Å². The normalized spacial score (nSPS) is 19.9. The van der Waals surface area contributed by atoms with Crippen molar-refractivity contribution < 1.29 is 27.6 Å². The Bertz CT molecular complexity index is 1230. The predicted octanol–water partition coefficient (Wildman–Crippen LogP) is 4.36. The summed E-state index contributed by atoms with van der Waals surface area (Å²) in [5.41, 5.74) is 0.623. The number of nitrogens with zero attached hydrogens (tertiary/aromatic N) is 5. The summed E-state index contributed by atoms with van der Waals surface area (Å²) in [6.07, 6.45) is -2.96. The number of halogens is 3. The molecule has 196 valence electrons. The quantitative estimate of drug-likeness (QED) is 0.340. The number of hydrogen-bond donors (Lipinski definition) is 0. The maximum atomic E-state index is 12.8. The van der Waals surface area contributed by atoms with E-state index >= 15 is 0 Å². The molecule has 0 saturated carbocycles. The minimum Gasteiger partial charge on any atom is -0.489 e. The molecule has 2 aromatic carbocycles. The summed E-state index contributed by atoms with van der Waals surface area (Å²) < 4.78 is 51.6. The fraction of sp³-hybridized carbons (Fsp3) is 0.400. The minimum absolute atomic E-state index is 0.214. The average Bonchev–Trinajstić information content (AvgIpc) is 3.39. The van der Waals surface area contributed by atoms with Gasteiger partial charge in [-0.3, -0.25) is 9.47 Å². The summed E-state index contributed by atoms with van der Waals surface area (Å²) in [6.45, 7) is 6.38. The molecule has 1 fully saturated rings. The molecule has 3 aromatic rings. The fourth-order valence-corrected chi connectivity index (χ4v) is 4.57. The molecule has 0 aliphatic carbocycles. The molecule has 1 atom stereocenters. The Balaban J connectivity index is 1.09. The summed E-state index contributed by atoms with van der Waals surface area (Å²) in [5, 5.41) is 10.9. The van der Waals surface area contributed by atoms with Crippen LogP contribution in [0.5, 0.6) is 11.8 Å². The lowest BCUT2D eigenvalue weighted by atomic mass is 10.1. The molecule has 0 bridgehead atoms. The van der Waals surface area contributed by atoms with Crippen molar-refractivity contribution in [1.29, 1.82) is 0 Å². The molecular weight excluding hydrogens is 491 g/mol. The number of benzene rings is 2. The first-order valence-electron chi connectivity index (χ1n) is 11.8. The zero-order valence-corrected chi connectivity index (χ0v) is 20.1. The molecule has 0 N–H and O–H groups in total. The van der Waals surface area contributed by atoms with Crippen LogP contribution in [0.3, 0.4) is 0 Å². The zero-order chi connectivity index (χ0) is 26.2. The van der Waals surface area contributed by atoms with Gasteiger partial charge in [-0.1, -0.05) is 12.1 Å². The van der Waals surface area contributed by atoms with Crippen LogP contribution in [0, 0.1) is 10.1 Å². The number of alkyl halides is 3. The van der Waals surface area contributed by atoms with Gasteiger partial charge in [0.05, 0.1) is 12.1 Å². The average molecular weight is 518 g/mol. The van der Waals surface area contributed by atoms with Crippen LogP contribution in [0.15, 0.2) is 54.7 Å². The second-order valence-electron chi connectivity index (χ2n) is 9.56. The van der Waals surface area contributed by atoms with Crippen LogP contribution in [0.25, 0.3) is 0 Å². The van der Waals surface area contributed by atoms with E-state index in [0.717, 1.165) is 49.6 Å². The van der Waals surface area contributed by atoms with Crippen LogP contribution in [0.4, 0.5) is 24.7 Å². The van der Waals surface area contributed by atoms with Crippen molar-refractivity contribution in [2.24, 2.45) is 0 Å². The van der Waals surface area contributed by atoms with Crippen molar-refractivity contribution in [3.63, 3.8) is 0 Å². The SMILES string of the molecule is C[C@]1(COc2ccc(N3CCN(Cc4ccc(C(F)(F)F)cc4)CC3)cc2)Cn2cc([N+](=O)[O-])nc2O1. The van der Waals surface area contributed by atoms with Crippen molar-refractivity contribution in [3.8, 4) is 11.8 Å². The number of nitro groups is 1. The molecule has 3 heterocycles. The minimum atomic E-state index is -4.32. The molecule has 1 saturated heterocycles. The Kier molecular flexibility index (Phi) is 6.44. The summed E-state index contributed by atoms with van der Waals surface area (Å²) >= 11 is 0. The molecule has 0 radical (unpaired) electrons. The van der Waals surface area contributed by atoms with E-state index in [1.165, 1.54) is 6.20 Å². The number of anilines is 1. The van der Waals surface area contributed by atoms with Gasteiger partial charge in [-0.15, -0.1) is 0 Å². The lowest BCUT2D eigenvalue weighted by Gasteiger charge is -2.36. The number of imidazole rings is 1. The van der Waals surface area contributed by atoms with E-state index in [9.17, 15) is 23.3 Å². The molecule has 0 spiro atoms. The lowest BCUT2D eigenvalue weighted by molar-refractivity contribution is -0.389. The highest BCUT2D eigenvalue weighted by Crippen LogP contribution is 2.32. The third-order valence-corrected chi connectivity index (χ3v) is 6.56. The molecule has 37 heavy (non-hydrogen) atoms. The number of hydrogen-bond acceptors (Lipinski definition) is 7. The number of rotatable bonds is 7. The summed E-state index contributed by atoms with van der Waals surface area (Å²) in [4.78, 5) is 18.7. The van der Waals surface area contributed by atoms with Gasteiger partial charge in [0.1, 0.15) is 18.6 Å². The van der Waals surface area contributed by atoms with Crippen LogP contribution >= 0.6 is 0 Å². The topological polar surface area (TPSA) is 85.9 Å². The maximum Gasteiger partial charge on any atom is 0.416 e. The zero-order valence-electron chi connectivity index (χ0n) is 20.1. The molecule has 9 nitrogen and oxygen atoms in total. The summed E-state index contributed by atoms with van der Waals surface area (Å²) in [6, 6.07) is 13.3. The first kappa shape index (κ1) is 24.9. The summed E-state index contributed by atoms with van der Waals surface area (Å²) in [5.74, 6) is 0.444. The van der Waals surface area contributed by atoms with Crippen LogP contribution in [0.1, 0.15) is 18.1 Å². The van der Waals surface area contributed by atoms with Crippen molar-refractivity contribution >= 4 is 11.5 Å². The van der Waals surface area contributed by atoms with Gasteiger partial charge in [-0.05, 0) is 53.8 Å². The lowest BCUT2D eigenvalue weighted by Crippen LogP contribution is -2.45. The second kappa shape index (κ2) is 9.58. The van der Waals surface area contributed by atoms with E-state index in [2.05, 4.69) is 14.8 Å². The van der Waals surface area contributed by atoms with Crippen molar-refractivity contribution in [2.45, 2.75) is 31.8 Å². The molecule has 2 aliphatic rings. The first-order valence-corrected chi connectivity index (χ1v) is 11.8. The number of ether oxygens (including phenoxy) is 2. The number of aromatic nitrogens is 2. The smallest absolute Gasteiger partial charge is 0.416 e. The van der Waals surface area contributed by atoms with E-state index in [-0.39, 0.29) is 18.4 Å². The third kappa shape index (κ3) is 5.63. The largest absolute Gasteiger partial charge is 0.489 e. The Labute approximate surface area is 211 Å². The Morgan fingerprint density at radius 1 is 1.08 bits per heavy atom. The highest BCUT2D eigenvalue weighted by Gasteiger charge is 2.41. The molecule has 0 unspecified atom stereocenters. The van der Waals surface area contributed by atoms with Crippen LogP contribution < -0.4 is 14.4 Å². The molecule has 12 heteroatoms. The molecule has 1 aromatic heterocycles. The molecule has 2 aliphatic heterocycles. The third-order valence-electron chi connectivity index (χ3n) is 6.56. The monoisotopic (exact) mass is 517 g/mol. The van der Waals surface area contributed by atoms with E-state index in [4.69, 9.17) is 9.47 Å². The van der Waals surface area contributed by atoms with Crippen LogP contribution in [0.2, 0.25) is 0 Å². The van der Waals surface area contributed by atoms with Gasteiger partial charge in [0.2, 0.25) is 0 Å². The summed E-state index contributed by atoms with van der Waals surface area (Å²) in [7, 11) is 0. The molecular formula is C25H26F3N5O4.